The Bertz CT molecular complexity index is 828. The van der Waals surface area contributed by atoms with Gasteiger partial charge in [0.15, 0.2) is 0 Å². The van der Waals surface area contributed by atoms with Crippen LogP contribution in [0.25, 0.3) is 6.08 Å². The summed E-state index contributed by atoms with van der Waals surface area (Å²) in [5.41, 5.74) is 3.94. The van der Waals surface area contributed by atoms with Gasteiger partial charge in [-0.25, -0.2) is 0 Å². The zero-order valence-electron chi connectivity index (χ0n) is 15.5. The van der Waals surface area contributed by atoms with Crippen LogP contribution in [0.4, 0.5) is 5.69 Å². The van der Waals surface area contributed by atoms with E-state index in [1.807, 2.05) is 48.5 Å². The van der Waals surface area contributed by atoms with Gasteiger partial charge in [0, 0.05) is 38.4 Å². The van der Waals surface area contributed by atoms with Crippen molar-refractivity contribution in [2.24, 2.45) is 0 Å². The van der Waals surface area contributed by atoms with Crippen molar-refractivity contribution in [2.45, 2.75) is 26.0 Å². The molecule has 1 aliphatic heterocycles. The number of ether oxygens (including phenoxy) is 1. The van der Waals surface area contributed by atoms with E-state index in [0.29, 0.717) is 19.6 Å². The van der Waals surface area contributed by atoms with Crippen molar-refractivity contribution in [3.63, 3.8) is 0 Å². The smallest absolute Gasteiger partial charge is 0.244 e. The van der Waals surface area contributed by atoms with Crippen LogP contribution in [0.3, 0.4) is 0 Å². The minimum Gasteiger partial charge on any atom is -0.380 e. The van der Waals surface area contributed by atoms with Crippen molar-refractivity contribution in [3.8, 4) is 0 Å². The van der Waals surface area contributed by atoms with Crippen molar-refractivity contribution < 1.29 is 14.3 Å². The monoisotopic (exact) mass is 364 g/mol. The molecular formula is C22H24N2O3. The summed E-state index contributed by atoms with van der Waals surface area (Å²) in [4.78, 5) is 25.7. The molecule has 5 heteroatoms. The standard InChI is InChI=1S/C22H24N2O3/c1-27-16-19-6-3-2-5-18(19)15-23-21(25)13-10-17-8-11-20(12-9-17)24-14-4-7-22(24)26/h2-3,5-6,8-13H,4,7,14-16H2,1H3,(H,23,25)/b13-10+. The summed E-state index contributed by atoms with van der Waals surface area (Å²) in [5.74, 6) is 0.0208. The molecule has 0 saturated carbocycles. The van der Waals surface area contributed by atoms with Crippen LogP contribution in [0.5, 0.6) is 0 Å². The minimum atomic E-state index is -0.152. The zero-order valence-corrected chi connectivity index (χ0v) is 15.5. The molecule has 5 nitrogen and oxygen atoms in total. The number of anilines is 1. The summed E-state index contributed by atoms with van der Waals surface area (Å²) in [6.45, 7) is 1.76. The second-order valence-electron chi connectivity index (χ2n) is 6.49. The van der Waals surface area contributed by atoms with E-state index in [9.17, 15) is 9.59 Å². The second-order valence-corrected chi connectivity index (χ2v) is 6.49. The molecule has 1 heterocycles. The summed E-state index contributed by atoms with van der Waals surface area (Å²) < 4.78 is 5.18. The summed E-state index contributed by atoms with van der Waals surface area (Å²) in [7, 11) is 1.66. The maximum Gasteiger partial charge on any atom is 0.244 e. The minimum absolute atomic E-state index is 0.152. The third-order valence-corrected chi connectivity index (χ3v) is 4.58. The van der Waals surface area contributed by atoms with Crippen LogP contribution in [0.15, 0.2) is 54.6 Å². The first-order valence-corrected chi connectivity index (χ1v) is 9.09. The Hall–Kier alpha value is -2.92. The first-order valence-electron chi connectivity index (χ1n) is 9.09. The lowest BCUT2D eigenvalue weighted by Gasteiger charge is -2.15. The fourth-order valence-electron chi connectivity index (χ4n) is 3.13. The third kappa shape index (κ3) is 5.05. The van der Waals surface area contributed by atoms with Gasteiger partial charge in [0.25, 0.3) is 0 Å². The highest BCUT2D eigenvalue weighted by Gasteiger charge is 2.21. The molecule has 1 saturated heterocycles. The van der Waals surface area contributed by atoms with Gasteiger partial charge in [-0.1, -0.05) is 36.4 Å². The molecular weight excluding hydrogens is 340 g/mol. The molecule has 0 unspecified atom stereocenters. The predicted octanol–water partition coefficient (Wildman–Crippen LogP) is 3.29. The lowest BCUT2D eigenvalue weighted by molar-refractivity contribution is -0.117. The van der Waals surface area contributed by atoms with E-state index in [4.69, 9.17) is 4.74 Å². The first kappa shape index (κ1) is 18.9. The SMILES string of the molecule is COCc1ccccc1CNC(=O)/C=C/c1ccc(N2CCCC2=O)cc1. The molecule has 0 radical (unpaired) electrons. The Morgan fingerprint density at radius 2 is 1.89 bits per heavy atom. The van der Waals surface area contributed by atoms with Crippen LogP contribution in [0.2, 0.25) is 0 Å². The van der Waals surface area contributed by atoms with Gasteiger partial charge in [-0.05, 0) is 41.3 Å². The summed E-state index contributed by atoms with van der Waals surface area (Å²) in [5, 5.41) is 2.90. The van der Waals surface area contributed by atoms with E-state index in [1.54, 1.807) is 18.1 Å². The third-order valence-electron chi connectivity index (χ3n) is 4.58. The lowest BCUT2D eigenvalue weighted by Crippen LogP contribution is -2.23. The van der Waals surface area contributed by atoms with E-state index in [2.05, 4.69) is 5.32 Å². The normalized spacial score (nSPS) is 14.1. The highest BCUT2D eigenvalue weighted by Crippen LogP contribution is 2.21. The van der Waals surface area contributed by atoms with Crippen LogP contribution in [-0.2, 0) is 27.5 Å². The number of rotatable bonds is 7. The van der Waals surface area contributed by atoms with Crippen LogP contribution in [0, 0.1) is 0 Å². The van der Waals surface area contributed by atoms with Crippen molar-refractivity contribution in [2.75, 3.05) is 18.6 Å². The van der Waals surface area contributed by atoms with Gasteiger partial charge >= 0.3 is 0 Å². The average Bonchev–Trinajstić information content (AvgIpc) is 3.12. The molecule has 0 atom stereocenters. The highest BCUT2D eigenvalue weighted by molar-refractivity contribution is 5.95. The topological polar surface area (TPSA) is 58.6 Å². The van der Waals surface area contributed by atoms with Crippen LogP contribution in [0.1, 0.15) is 29.5 Å². The maximum absolute atomic E-state index is 12.1. The van der Waals surface area contributed by atoms with Crippen molar-refractivity contribution in [3.05, 3.63) is 71.3 Å². The number of nitrogens with zero attached hydrogens (tertiary/aromatic N) is 1. The molecule has 27 heavy (non-hydrogen) atoms. The highest BCUT2D eigenvalue weighted by atomic mass is 16.5. The van der Waals surface area contributed by atoms with E-state index in [1.165, 1.54) is 6.08 Å². The van der Waals surface area contributed by atoms with Crippen LogP contribution in [-0.4, -0.2) is 25.5 Å². The Morgan fingerprint density at radius 3 is 2.56 bits per heavy atom. The number of benzene rings is 2. The van der Waals surface area contributed by atoms with Crippen LogP contribution >= 0.6 is 0 Å². The molecule has 1 fully saturated rings. The Kier molecular flexibility index (Phi) is 6.39. The Morgan fingerprint density at radius 1 is 1.15 bits per heavy atom. The lowest BCUT2D eigenvalue weighted by atomic mass is 10.1. The molecule has 2 amide bonds. The number of carbonyl (C=O) groups excluding carboxylic acids is 2. The largest absolute Gasteiger partial charge is 0.380 e. The second kappa shape index (κ2) is 9.14. The molecule has 3 rings (SSSR count). The van der Waals surface area contributed by atoms with Gasteiger partial charge in [0.2, 0.25) is 11.8 Å². The van der Waals surface area contributed by atoms with Crippen molar-refractivity contribution >= 4 is 23.6 Å². The number of hydrogen-bond donors (Lipinski definition) is 1. The zero-order chi connectivity index (χ0) is 19.1. The van der Waals surface area contributed by atoms with Crippen molar-refractivity contribution in [1.82, 2.24) is 5.32 Å². The average molecular weight is 364 g/mol. The van der Waals surface area contributed by atoms with Gasteiger partial charge in [-0.2, -0.15) is 0 Å². The molecule has 0 aromatic heterocycles. The number of carbonyl (C=O) groups is 2. The van der Waals surface area contributed by atoms with Gasteiger partial charge in [-0.3, -0.25) is 9.59 Å². The fourth-order valence-corrected chi connectivity index (χ4v) is 3.13. The van der Waals surface area contributed by atoms with Gasteiger partial charge < -0.3 is 15.0 Å². The number of methoxy groups -OCH3 is 1. The molecule has 2 aromatic carbocycles. The van der Waals surface area contributed by atoms with E-state index in [0.717, 1.165) is 35.3 Å². The summed E-state index contributed by atoms with van der Waals surface area (Å²) in [6.07, 6.45) is 4.82. The Labute approximate surface area is 159 Å². The molecule has 1 N–H and O–H groups in total. The van der Waals surface area contributed by atoms with Crippen LogP contribution < -0.4 is 10.2 Å². The maximum atomic E-state index is 12.1. The van der Waals surface area contributed by atoms with E-state index in [-0.39, 0.29) is 11.8 Å². The molecule has 1 aliphatic rings. The van der Waals surface area contributed by atoms with E-state index >= 15 is 0 Å². The number of nitrogens with one attached hydrogen (secondary N) is 1. The Balaban J connectivity index is 1.55. The molecule has 2 aromatic rings. The quantitative estimate of drug-likeness (QED) is 0.767. The molecule has 0 aliphatic carbocycles. The fraction of sp³-hybridized carbons (Fsp3) is 0.273. The van der Waals surface area contributed by atoms with Gasteiger partial charge in [-0.15, -0.1) is 0 Å². The molecule has 0 spiro atoms. The van der Waals surface area contributed by atoms with E-state index < -0.39 is 0 Å². The predicted molar refractivity (Wildman–Crippen MR) is 106 cm³/mol. The summed E-state index contributed by atoms with van der Waals surface area (Å²) in [6, 6.07) is 15.5. The molecule has 0 bridgehead atoms. The van der Waals surface area contributed by atoms with Gasteiger partial charge in [0.1, 0.15) is 0 Å². The first-order chi connectivity index (χ1) is 13.2. The number of amides is 2. The summed E-state index contributed by atoms with van der Waals surface area (Å²) >= 11 is 0. The van der Waals surface area contributed by atoms with Gasteiger partial charge in [0.05, 0.1) is 6.61 Å². The number of hydrogen-bond acceptors (Lipinski definition) is 3. The van der Waals surface area contributed by atoms with Crippen molar-refractivity contribution in [1.29, 1.82) is 0 Å². The molecule has 140 valence electrons.